The highest BCUT2D eigenvalue weighted by Crippen LogP contribution is 2.34. The first-order valence-corrected chi connectivity index (χ1v) is 7.15. The normalized spacial score (nSPS) is 10.1. The third-order valence-corrected chi connectivity index (χ3v) is 3.44. The molecular weight excluding hydrogens is 320 g/mol. The van der Waals surface area contributed by atoms with Crippen LogP contribution in [0.2, 0.25) is 5.15 Å². The number of pyridine rings is 1. The number of hydrogen-bond donors (Lipinski definition) is 1. The van der Waals surface area contributed by atoms with Crippen molar-refractivity contribution in [2.24, 2.45) is 0 Å². The van der Waals surface area contributed by atoms with Gasteiger partial charge in [-0.05, 0) is 18.2 Å². The van der Waals surface area contributed by atoms with Crippen molar-refractivity contribution in [1.29, 1.82) is 0 Å². The number of rotatable bonds is 6. The third-order valence-electron chi connectivity index (χ3n) is 3.22. The van der Waals surface area contributed by atoms with Crippen molar-refractivity contribution in [3.63, 3.8) is 0 Å². The zero-order valence-corrected chi connectivity index (χ0v) is 13.8. The van der Waals surface area contributed by atoms with Gasteiger partial charge < -0.3 is 19.5 Å². The summed E-state index contributed by atoms with van der Waals surface area (Å²) in [5.41, 5.74) is 1.19. The number of hydrogen-bond acceptors (Lipinski definition) is 5. The minimum atomic E-state index is -0.258. The van der Waals surface area contributed by atoms with E-state index in [4.69, 9.17) is 25.8 Å². The monoisotopic (exact) mass is 336 g/mol. The maximum Gasteiger partial charge on any atom is 0.253 e. The second-order valence-electron chi connectivity index (χ2n) is 4.57. The molecule has 1 aromatic carbocycles. The summed E-state index contributed by atoms with van der Waals surface area (Å²) >= 11 is 5.71. The first-order valence-electron chi connectivity index (χ1n) is 6.77. The number of nitrogens with zero attached hydrogens (tertiary/aromatic N) is 1. The molecule has 1 N–H and O–H groups in total. The fourth-order valence-corrected chi connectivity index (χ4v) is 2.13. The summed E-state index contributed by atoms with van der Waals surface area (Å²) in [4.78, 5) is 16.0. The number of methoxy groups -OCH3 is 3. The second-order valence-corrected chi connectivity index (χ2v) is 4.96. The van der Waals surface area contributed by atoms with Gasteiger partial charge in [-0.3, -0.25) is 4.79 Å². The number of carbonyl (C=O) groups excluding carboxylic acids is 1. The molecule has 0 aliphatic rings. The summed E-state index contributed by atoms with van der Waals surface area (Å²) in [5, 5.41) is 3.14. The molecule has 0 unspecified atom stereocenters. The van der Waals surface area contributed by atoms with Crippen molar-refractivity contribution in [3.8, 4) is 17.2 Å². The van der Waals surface area contributed by atoms with Crippen molar-refractivity contribution in [2.45, 2.75) is 6.54 Å². The molecule has 122 valence electrons. The van der Waals surface area contributed by atoms with Crippen molar-refractivity contribution in [3.05, 3.63) is 46.7 Å². The number of amides is 1. The molecule has 6 nitrogen and oxygen atoms in total. The number of benzene rings is 1. The minimum absolute atomic E-state index is 0.258. The zero-order chi connectivity index (χ0) is 16.8. The van der Waals surface area contributed by atoms with Gasteiger partial charge in [-0.15, -0.1) is 0 Å². The van der Waals surface area contributed by atoms with Crippen LogP contribution < -0.4 is 19.5 Å². The summed E-state index contributed by atoms with van der Waals surface area (Å²) in [6.07, 6.45) is 1.42. The molecule has 0 fully saturated rings. The Kier molecular flexibility index (Phi) is 5.65. The zero-order valence-electron chi connectivity index (χ0n) is 13.1. The van der Waals surface area contributed by atoms with E-state index in [0.29, 0.717) is 28.0 Å². The summed E-state index contributed by atoms with van der Waals surface area (Å²) in [5.74, 6) is 1.45. The maximum absolute atomic E-state index is 12.1. The largest absolute Gasteiger partial charge is 0.496 e. The molecule has 1 heterocycles. The van der Waals surface area contributed by atoms with Gasteiger partial charge in [-0.25, -0.2) is 4.98 Å². The van der Waals surface area contributed by atoms with Crippen LogP contribution in [0.4, 0.5) is 0 Å². The first kappa shape index (κ1) is 16.9. The van der Waals surface area contributed by atoms with Crippen LogP contribution in [-0.2, 0) is 6.54 Å². The average molecular weight is 337 g/mol. The fraction of sp³-hybridized carbons (Fsp3) is 0.250. The molecular formula is C16H17ClN2O4. The van der Waals surface area contributed by atoms with Gasteiger partial charge in [0.25, 0.3) is 5.91 Å². The molecule has 2 aromatic rings. The topological polar surface area (TPSA) is 69.7 Å². The molecule has 1 amide bonds. The van der Waals surface area contributed by atoms with E-state index in [1.165, 1.54) is 6.20 Å². The number of ether oxygens (including phenoxy) is 3. The SMILES string of the molecule is COc1cc(OC)c(OC)cc1CNC(=O)c1ccc(Cl)nc1. The lowest BCUT2D eigenvalue weighted by atomic mass is 10.1. The van der Waals surface area contributed by atoms with Gasteiger partial charge in [0, 0.05) is 24.4 Å². The minimum Gasteiger partial charge on any atom is -0.496 e. The fourth-order valence-electron chi connectivity index (χ4n) is 2.02. The standard InChI is InChI=1S/C16H17ClN2O4/c1-21-12-7-14(23-3)13(22-2)6-11(12)9-19-16(20)10-4-5-15(17)18-8-10/h4-8H,9H2,1-3H3,(H,19,20). The molecule has 0 radical (unpaired) electrons. The maximum atomic E-state index is 12.1. The van der Waals surface area contributed by atoms with E-state index < -0.39 is 0 Å². The van der Waals surface area contributed by atoms with E-state index in [-0.39, 0.29) is 12.5 Å². The van der Waals surface area contributed by atoms with Gasteiger partial charge in [-0.1, -0.05) is 11.6 Å². The van der Waals surface area contributed by atoms with Gasteiger partial charge in [0.1, 0.15) is 10.9 Å². The molecule has 2 rings (SSSR count). The molecule has 0 aliphatic heterocycles. The molecule has 1 aromatic heterocycles. The summed E-state index contributed by atoms with van der Waals surface area (Å²) in [6.45, 7) is 0.269. The predicted octanol–water partition coefficient (Wildman–Crippen LogP) is 2.69. The van der Waals surface area contributed by atoms with Gasteiger partial charge in [-0.2, -0.15) is 0 Å². The number of halogens is 1. The highest BCUT2D eigenvalue weighted by Gasteiger charge is 2.13. The van der Waals surface area contributed by atoms with Crippen molar-refractivity contribution >= 4 is 17.5 Å². The molecule has 7 heteroatoms. The van der Waals surface area contributed by atoms with Crippen LogP contribution in [0.15, 0.2) is 30.5 Å². The second kappa shape index (κ2) is 7.69. The van der Waals surface area contributed by atoms with E-state index in [1.807, 2.05) is 0 Å². The Morgan fingerprint density at radius 1 is 1.09 bits per heavy atom. The van der Waals surface area contributed by atoms with E-state index in [2.05, 4.69) is 10.3 Å². The smallest absolute Gasteiger partial charge is 0.253 e. The lowest BCUT2D eigenvalue weighted by Crippen LogP contribution is -2.23. The lowest BCUT2D eigenvalue weighted by molar-refractivity contribution is 0.0950. The van der Waals surface area contributed by atoms with Gasteiger partial charge in [0.2, 0.25) is 0 Å². The van der Waals surface area contributed by atoms with Crippen molar-refractivity contribution < 1.29 is 19.0 Å². The van der Waals surface area contributed by atoms with Crippen LogP contribution in [0.5, 0.6) is 17.2 Å². The highest BCUT2D eigenvalue weighted by molar-refractivity contribution is 6.29. The summed E-state index contributed by atoms with van der Waals surface area (Å²) in [6, 6.07) is 6.65. The van der Waals surface area contributed by atoms with E-state index in [0.717, 1.165) is 5.56 Å². The van der Waals surface area contributed by atoms with Crippen LogP contribution in [0.3, 0.4) is 0 Å². The molecule has 0 saturated carbocycles. The quantitative estimate of drug-likeness (QED) is 0.821. The van der Waals surface area contributed by atoms with Crippen molar-refractivity contribution in [2.75, 3.05) is 21.3 Å². The Morgan fingerprint density at radius 2 is 1.74 bits per heavy atom. The Labute approximate surface area is 139 Å². The third kappa shape index (κ3) is 4.04. The summed E-state index contributed by atoms with van der Waals surface area (Å²) in [7, 11) is 4.65. The summed E-state index contributed by atoms with van der Waals surface area (Å²) < 4.78 is 15.8. The van der Waals surface area contributed by atoms with Gasteiger partial charge >= 0.3 is 0 Å². The van der Waals surface area contributed by atoms with Crippen LogP contribution in [0.1, 0.15) is 15.9 Å². The Balaban J connectivity index is 2.16. The van der Waals surface area contributed by atoms with Gasteiger partial charge in [0.15, 0.2) is 11.5 Å². The predicted molar refractivity (Wildman–Crippen MR) is 86.5 cm³/mol. The van der Waals surface area contributed by atoms with Crippen molar-refractivity contribution in [1.82, 2.24) is 10.3 Å². The Morgan fingerprint density at radius 3 is 2.30 bits per heavy atom. The lowest BCUT2D eigenvalue weighted by Gasteiger charge is -2.14. The van der Waals surface area contributed by atoms with Crippen LogP contribution >= 0.6 is 11.6 Å². The molecule has 0 aliphatic carbocycles. The molecule has 0 bridgehead atoms. The highest BCUT2D eigenvalue weighted by atomic mass is 35.5. The van der Waals surface area contributed by atoms with Crippen LogP contribution in [0, 0.1) is 0 Å². The first-order chi connectivity index (χ1) is 11.1. The average Bonchev–Trinajstić information content (AvgIpc) is 2.59. The van der Waals surface area contributed by atoms with Crippen LogP contribution in [-0.4, -0.2) is 32.2 Å². The van der Waals surface area contributed by atoms with E-state index in [9.17, 15) is 4.79 Å². The Hall–Kier alpha value is -2.47. The number of carbonyl (C=O) groups is 1. The molecule has 0 spiro atoms. The molecule has 0 saturated heterocycles. The molecule has 0 atom stereocenters. The Bertz CT molecular complexity index is 689. The molecule has 23 heavy (non-hydrogen) atoms. The van der Waals surface area contributed by atoms with Gasteiger partial charge in [0.05, 0.1) is 26.9 Å². The number of aromatic nitrogens is 1. The number of nitrogens with one attached hydrogen (secondary N) is 1. The van der Waals surface area contributed by atoms with E-state index in [1.54, 1.807) is 45.6 Å². The van der Waals surface area contributed by atoms with E-state index >= 15 is 0 Å². The van der Waals surface area contributed by atoms with Crippen LogP contribution in [0.25, 0.3) is 0 Å².